The number of esters is 1. The molecule has 4 rings (SSSR count). The van der Waals surface area contributed by atoms with Crippen molar-refractivity contribution in [1.29, 1.82) is 0 Å². The Hall–Kier alpha value is -3.12. The lowest BCUT2D eigenvalue weighted by molar-refractivity contribution is -0.137. The number of halogens is 1. The third-order valence-electron chi connectivity index (χ3n) is 4.82. The zero-order valence-corrected chi connectivity index (χ0v) is 18.2. The summed E-state index contributed by atoms with van der Waals surface area (Å²) in [7, 11) is 1.29. The second-order valence-corrected chi connectivity index (χ2v) is 7.81. The topological polar surface area (TPSA) is 63.2 Å². The van der Waals surface area contributed by atoms with Gasteiger partial charge in [-0.1, -0.05) is 41.9 Å². The maximum atomic E-state index is 12.6. The molecular formula is C24H23ClO6. The maximum Gasteiger partial charge on any atom is 0.339 e. The highest BCUT2D eigenvalue weighted by Gasteiger charge is 2.40. The summed E-state index contributed by atoms with van der Waals surface area (Å²) >= 11 is 6.65. The van der Waals surface area contributed by atoms with Gasteiger partial charge in [0, 0.05) is 12.0 Å². The minimum atomic E-state index is -0.884. The molecule has 0 N–H and O–H groups in total. The highest BCUT2D eigenvalue weighted by Crippen LogP contribution is 2.43. The first-order valence-corrected chi connectivity index (χ1v) is 10.4. The largest absolute Gasteiger partial charge is 0.491 e. The van der Waals surface area contributed by atoms with E-state index in [9.17, 15) is 4.79 Å². The van der Waals surface area contributed by atoms with E-state index < -0.39 is 18.4 Å². The van der Waals surface area contributed by atoms with Crippen LogP contribution < -0.4 is 9.47 Å². The van der Waals surface area contributed by atoms with Crippen molar-refractivity contribution in [2.45, 2.75) is 38.8 Å². The fourth-order valence-electron chi connectivity index (χ4n) is 3.45. The van der Waals surface area contributed by atoms with E-state index in [4.69, 9.17) is 35.3 Å². The van der Waals surface area contributed by atoms with Crippen LogP contribution >= 0.6 is 11.6 Å². The number of methoxy groups -OCH3 is 1. The summed E-state index contributed by atoms with van der Waals surface area (Å²) in [6.07, 6.45) is 0.596. The van der Waals surface area contributed by atoms with Crippen LogP contribution in [0.15, 0.2) is 66.1 Å². The van der Waals surface area contributed by atoms with Gasteiger partial charge in [0.15, 0.2) is 11.9 Å². The predicted octanol–water partition coefficient (Wildman–Crippen LogP) is 4.81. The van der Waals surface area contributed by atoms with E-state index in [0.717, 1.165) is 5.56 Å². The third-order valence-corrected chi connectivity index (χ3v) is 5.22. The monoisotopic (exact) mass is 442 g/mol. The molecule has 2 heterocycles. The van der Waals surface area contributed by atoms with Crippen molar-refractivity contribution in [2.75, 3.05) is 7.11 Å². The number of rotatable bonds is 6. The molecule has 6 nitrogen and oxygen atoms in total. The van der Waals surface area contributed by atoms with Crippen LogP contribution in [0.4, 0.5) is 0 Å². The first-order valence-electron chi connectivity index (χ1n) is 9.98. The minimum absolute atomic E-state index is 0.00567. The lowest BCUT2D eigenvalue weighted by atomic mass is 10.00. The Morgan fingerprint density at radius 3 is 2.61 bits per heavy atom. The maximum absolute atomic E-state index is 12.6. The van der Waals surface area contributed by atoms with Gasteiger partial charge < -0.3 is 23.7 Å². The zero-order valence-electron chi connectivity index (χ0n) is 17.5. The summed E-state index contributed by atoms with van der Waals surface area (Å²) in [6, 6.07) is 15.1. The second kappa shape index (κ2) is 8.94. The standard InChI is InChI=1S/C24H23ClO6/c1-14(2)29-16-9-10-18-17(12-16)22(25)21(24(26)27-3)23(31-18)19-13-28-20(30-19)11-15-7-5-4-6-8-15/h4-10,12-14,20,23H,11H2,1-3H3. The molecule has 7 heteroatoms. The molecule has 0 fully saturated rings. The van der Waals surface area contributed by atoms with E-state index in [-0.39, 0.29) is 16.7 Å². The number of carbonyl (C=O) groups is 1. The summed E-state index contributed by atoms with van der Waals surface area (Å²) in [6.45, 7) is 3.86. The molecule has 2 aromatic carbocycles. The number of carbonyl (C=O) groups excluding carboxylic acids is 1. The van der Waals surface area contributed by atoms with Gasteiger partial charge in [-0.15, -0.1) is 0 Å². The van der Waals surface area contributed by atoms with Crippen molar-refractivity contribution in [2.24, 2.45) is 0 Å². The van der Waals surface area contributed by atoms with Gasteiger partial charge in [0.2, 0.25) is 6.29 Å². The van der Waals surface area contributed by atoms with Crippen LogP contribution in [-0.4, -0.2) is 31.6 Å². The molecule has 2 aliphatic rings. The molecule has 0 aromatic heterocycles. The molecule has 2 atom stereocenters. The van der Waals surface area contributed by atoms with Gasteiger partial charge in [-0.2, -0.15) is 0 Å². The first-order chi connectivity index (χ1) is 15.0. The molecule has 0 saturated heterocycles. The normalized spacial score (nSPS) is 19.7. The fourth-order valence-corrected chi connectivity index (χ4v) is 3.78. The molecule has 0 radical (unpaired) electrons. The van der Waals surface area contributed by atoms with E-state index in [1.54, 1.807) is 18.2 Å². The lowest BCUT2D eigenvalue weighted by Crippen LogP contribution is -2.32. The van der Waals surface area contributed by atoms with Gasteiger partial charge in [0.25, 0.3) is 0 Å². The van der Waals surface area contributed by atoms with E-state index in [2.05, 4.69) is 0 Å². The quantitative estimate of drug-likeness (QED) is 0.598. The van der Waals surface area contributed by atoms with Gasteiger partial charge in [0.1, 0.15) is 23.3 Å². The molecule has 162 valence electrons. The summed E-state index contributed by atoms with van der Waals surface area (Å²) in [5.41, 5.74) is 1.77. The zero-order chi connectivity index (χ0) is 22.0. The summed E-state index contributed by atoms with van der Waals surface area (Å²) in [5.74, 6) is 0.884. The molecule has 0 aliphatic carbocycles. The van der Waals surface area contributed by atoms with Crippen LogP contribution in [0, 0.1) is 0 Å². The highest BCUT2D eigenvalue weighted by molar-refractivity contribution is 6.51. The van der Waals surface area contributed by atoms with Crippen molar-refractivity contribution >= 4 is 22.6 Å². The van der Waals surface area contributed by atoms with Crippen molar-refractivity contribution in [3.05, 3.63) is 77.3 Å². The average Bonchev–Trinajstić information content (AvgIpc) is 3.22. The van der Waals surface area contributed by atoms with Crippen molar-refractivity contribution < 1.29 is 28.5 Å². The fraction of sp³-hybridized carbons (Fsp3) is 0.292. The molecule has 0 saturated carbocycles. The van der Waals surface area contributed by atoms with E-state index in [1.165, 1.54) is 13.4 Å². The van der Waals surface area contributed by atoms with Crippen LogP contribution in [0.5, 0.6) is 11.5 Å². The van der Waals surface area contributed by atoms with Gasteiger partial charge in [-0.3, -0.25) is 0 Å². The van der Waals surface area contributed by atoms with Crippen LogP contribution in [0.25, 0.3) is 5.03 Å². The van der Waals surface area contributed by atoms with Gasteiger partial charge in [-0.05, 0) is 37.6 Å². The Kier molecular flexibility index (Phi) is 6.09. The second-order valence-electron chi connectivity index (χ2n) is 7.44. The van der Waals surface area contributed by atoms with Gasteiger partial charge in [0.05, 0.1) is 18.2 Å². The van der Waals surface area contributed by atoms with Crippen LogP contribution in [0.1, 0.15) is 25.0 Å². The third kappa shape index (κ3) is 4.49. The molecule has 2 aliphatic heterocycles. The van der Waals surface area contributed by atoms with Crippen LogP contribution in [-0.2, 0) is 25.4 Å². The van der Waals surface area contributed by atoms with Crippen molar-refractivity contribution in [1.82, 2.24) is 0 Å². The Labute approximate surface area is 186 Å². The summed E-state index contributed by atoms with van der Waals surface area (Å²) in [4.78, 5) is 12.6. The Bertz CT molecular complexity index is 1030. The van der Waals surface area contributed by atoms with E-state index in [0.29, 0.717) is 29.2 Å². The number of fused-ring (bicyclic) bond motifs is 1. The van der Waals surface area contributed by atoms with Gasteiger partial charge >= 0.3 is 5.97 Å². The minimum Gasteiger partial charge on any atom is -0.491 e. The predicted molar refractivity (Wildman–Crippen MR) is 116 cm³/mol. The lowest BCUT2D eigenvalue weighted by Gasteiger charge is -2.28. The number of benzene rings is 2. The number of hydrogen-bond donors (Lipinski definition) is 0. The van der Waals surface area contributed by atoms with Crippen LogP contribution in [0.3, 0.4) is 0 Å². The Balaban J connectivity index is 1.60. The van der Waals surface area contributed by atoms with E-state index in [1.807, 2.05) is 44.2 Å². The summed E-state index contributed by atoms with van der Waals surface area (Å²) < 4.78 is 28.4. The molecule has 0 bridgehead atoms. The highest BCUT2D eigenvalue weighted by atomic mass is 35.5. The number of hydrogen-bond acceptors (Lipinski definition) is 6. The molecule has 0 amide bonds. The Morgan fingerprint density at radius 2 is 1.90 bits per heavy atom. The smallest absolute Gasteiger partial charge is 0.339 e. The average molecular weight is 443 g/mol. The van der Waals surface area contributed by atoms with Gasteiger partial charge in [-0.25, -0.2) is 4.79 Å². The molecule has 2 unspecified atom stereocenters. The SMILES string of the molecule is COC(=O)C1=C(Cl)c2cc(OC(C)C)ccc2OC1C1=COC(Cc2ccccc2)O1. The molecule has 31 heavy (non-hydrogen) atoms. The summed E-state index contributed by atoms with van der Waals surface area (Å²) in [5, 5.41) is 0.225. The molecule has 0 spiro atoms. The van der Waals surface area contributed by atoms with Crippen LogP contribution in [0.2, 0.25) is 0 Å². The van der Waals surface area contributed by atoms with Crippen molar-refractivity contribution in [3.63, 3.8) is 0 Å². The van der Waals surface area contributed by atoms with Crippen molar-refractivity contribution in [3.8, 4) is 11.5 Å². The molecule has 2 aromatic rings. The van der Waals surface area contributed by atoms with E-state index >= 15 is 0 Å². The number of ether oxygens (including phenoxy) is 5. The first kappa shape index (κ1) is 21.1. The Morgan fingerprint density at radius 1 is 1.13 bits per heavy atom. The molecular weight excluding hydrogens is 420 g/mol.